The van der Waals surface area contributed by atoms with E-state index in [9.17, 15) is 9.59 Å². The molecule has 0 bridgehead atoms. The molecule has 0 aliphatic rings. The number of amides is 1. The number of carbonyl (C=O) groups excluding carboxylic acids is 1. The lowest BCUT2D eigenvalue weighted by atomic mass is 9.86. The minimum Gasteiger partial charge on any atom is -0.481 e. The van der Waals surface area contributed by atoms with Crippen LogP contribution in [0.2, 0.25) is 0 Å². The number of nitrogens with zero attached hydrogens (tertiary/aromatic N) is 1. The number of aliphatic carboxylic acids is 1. The van der Waals surface area contributed by atoms with Gasteiger partial charge in [-0.25, -0.2) is 0 Å². The summed E-state index contributed by atoms with van der Waals surface area (Å²) < 4.78 is 0. The highest BCUT2D eigenvalue weighted by Gasteiger charge is 2.29. The molecule has 0 fully saturated rings. The van der Waals surface area contributed by atoms with E-state index >= 15 is 0 Å². The average molecular weight is 216 g/mol. The van der Waals surface area contributed by atoms with E-state index in [1.54, 1.807) is 7.05 Å². The summed E-state index contributed by atoms with van der Waals surface area (Å²) in [6.45, 7) is 5.82. The first-order valence-corrected chi connectivity index (χ1v) is 4.88. The summed E-state index contributed by atoms with van der Waals surface area (Å²) in [6, 6.07) is -0.601. The van der Waals surface area contributed by atoms with E-state index in [2.05, 4.69) is 0 Å². The van der Waals surface area contributed by atoms with E-state index in [4.69, 9.17) is 10.8 Å². The summed E-state index contributed by atoms with van der Waals surface area (Å²) in [4.78, 5) is 23.4. The molecule has 0 aliphatic carbocycles. The molecule has 0 saturated carbocycles. The van der Waals surface area contributed by atoms with Gasteiger partial charge in [-0.1, -0.05) is 20.8 Å². The number of hydrogen-bond acceptors (Lipinski definition) is 3. The normalized spacial score (nSPS) is 13.4. The van der Waals surface area contributed by atoms with Crippen molar-refractivity contribution >= 4 is 11.9 Å². The van der Waals surface area contributed by atoms with Gasteiger partial charge in [0.1, 0.15) is 0 Å². The van der Waals surface area contributed by atoms with Crippen molar-refractivity contribution in [1.82, 2.24) is 4.90 Å². The van der Waals surface area contributed by atoms with Crippen LogP contribution in [0.25, 0.3) is 0 Å². The van der Waals surface area contributed by atoms with Crippen LogP contribution < -0.4 is 5.73 Å². The van der Waals surface area contributed by atoms with Crippen LogP contribution in [-0.4, -0.2) is 41.5 Å². The second kappa shape index (κ2) is 5.11. The Balaban J connectivity index is 4.26. The van der Waals surface area contributed by atoms with Gasteiger partial charge in [0.25, 0.3) is 0 Å². The first kappa shape index (κ1) is 13.9. The summed E-state index contributed by atoms with van der Waals surface area (Å²) in [5, 5.41) is 8.47. The van der Waals surface area contributed by atoms with Crippen LogP contribution in [0.3, 0.4) is 0 Å². The number of nitrogens with two attached hydrogens (primary N) is 1. The van der Waals surface area contributed by atoms with Gasteiger partial charge >= 0.3 is 5.97 Å². The Bertz CT molecular complexity index is 246. The zero-order valence-corrected chi connectivity index (χ0v) is 9.78. The maximum Gasteiger partial charge on any atom is 0.305 e. The summed E-state index contributed by atoms with van der Waals surface area (Å²) >= 11 is 0. The van der Waals surface area contributed by atoms with Crippen LogP contribution in [0.4, 0.5) is 0 Å². The Morgan fingerprint density at radius 1 is 1.40 bits per heavy atom. The molecule has 0 radical (unpaired) electrons. The fourth-order valence-electron chi connectivity index (χ4n) is 0.981. The smallest absolute Gasteiger partial charge is 0.305 e. The SMILES string of the molecule is CN(CCC(=O)O)C(=O)[C@@H](N)C(C)(C)C. The highest BCUT2D eigenvalue weighted by Crippen LogP contribution is 2.18. The minimum atomic E-state index is -0.918. The number of rotatable bonds is 4. The quantitative estimate of drug-likeness (QED) is 0.707. The lowest BCUT2D eigenvalue weighted by molar-refractivity contribution is -0.138. The number of carbonyl (C=O) groups is 2. The fourth-order valence-corrected chi connectivity index (χ4v) is 0.981. The first-order chi connectivity index (χ1) is 6.66. The molecule has 15 heavy (non-hydrogen) atoms. The zero-order valence-electron chi connectivity index (χ0n) is 9.78. The van der Waals surface area contributed by atoms with Crippen molar-refractivity contribution in [3.05, 3.63) is 0 Å². The maximum atomic E-state index is 11.7. The highest BCUT2D eigenvalue weighted by atomic mass is 16.4. The van der Waals surface area contributed by atoms with Gasteiger partial charge in [-0.2, -0.15) is 0 Å². The Labute approximate surface area is 90.2 Å². The van der Waals surface area contributed by atoms with Gasteiger partial charge in [-0.3, -0.25) is 9.59 Å². The van der Waals surface area contributed by atoms with Crippen molar-refractivity contribution in [2.45, 2.75) is 33.2 Å². The van der Waals surface area contributed by atoms with Crippen LogP contribution in [0.5, 0.6) is 0 Å². The van der Waals surface area contributed by atoms with Crippen molar-refractivity contribution in [2.24, 2.45) is 11.1 Å². The predicted molar refractivity (Wildman–Crippen MR) is 57.3 cm³/mol. The lowest BCUT2D eigenvalue weighted by Crippen LogP contribution is -2.49. The van der Waals surface area contributed by atoms with Gasteiger partial charge in [-0.15, -0.1) is 0 Å². The molecule has 0 rings (SSSR count). The van der Waals surface area contributed by atoms with E-state index in [-0.39, 0.29) is 24.3 Å². The van der Waals surface area contributed by atoms with Gasteiger partial charge in [-0.05, 0) is 5.41 Å². The molecule has 0 aliphatic heterocycles. The second-order valence-electron chi connectivity index (χ2n) is 4.75. The molecule has 5 heteroatoms. The Morgan fingerprint density at radius 2 is 1.87 bits per heavy atom. The number of carboxylic acids is 1. The van der Waals surface area contributed by atoms with E-state index in [0.29, 0.717) is 0 Å². The average Bonchev–Trinajstić information content (AvgIpc) is 2.10. The van der Waals surface area contributed by atoms with Gasteiger partial charge in [0.2, 0.25) is 5.91 Å². The van der Waals surface area contributed by atoms with Crippen molar-refractivity contribution in [1.29, 1.82) is 0 Å². The second-order valence-corrected chi connectivity index (χ2v) is 4.75. The largest absolute Gasteiger partial charge is 0.481 e. The number of carboxylic acid groups (broad SMARTS) is 1. The van der Waals surface area contributed by atoms with E-state index in [1.165, 1.54) is 4.90 Å². The Hall–Kier alpha value is -1.10. The predicted octanol–water partition coefficient (Wildman–Crippen LogP) is 0.293. The summed E-state index contributed by atoms with van der Waals surface area (Å²) in [7, 11) is 1.57. The summed E-state index contributed by atoms with van der Waals surface area (Å²) in [6.07, 6.45) is -0.0564. The topological polar surface area (TPSA) is 83.6 Å². The van der Waals surface area contributed by atoms with Crippen molar-refractivity contribution < 1.29 is 14.7 Å². The van der Waals surface area contributed by atoms with Crippen molar-refractivity contribution in [3.63, 3.8) is 0 Å². The molecular formula is C10H20N2O3. The van der Waals surface area contributed by atoms with Crippen LogP contribution in [-0.2, 0) is 9.59 Å². The molecule has 0 aromatic heterocycles. The van der Waals surface area contributed by atoms with Crippen LogP contribution in [0, 0.1) is 5.41 Å². The molecule has 88 valence electrons. The van der Waals surface area contributed by atoms with Gasteiger partial charge in [0.15, 0.2) is 0 Å². The molecule has 0 spiro atoms. The third-order valence-electron chi connectivity index (χ3n) is 2.24. The van der Waals surface area contributed by atoms with E-state index < -0.39 is 12.0 Å². The molecule has 3 N–H and O–H groups in total. The molecule has 0 aromatic rings. The highest BCUT2D eigenvalue weighted by molar-refractivity contribution is 5.82. The number of hydrogen-bond donors (Lipinski definition) is 2. The molecule has 0 unspecified atom stereocenters. The zero-order chi connectivity index (χ0) is 12.2. The molecule has 0 aromatic carbocycles. The van der Waals surface area contributed by atoms with Gasteiger partial charge in [0.05, 0.1) is 12.5 Å². The number of likely N-dealkylation sites (N-methyl/N-ethyl adjacent to an activating group) is 1. The van der Waals surface area contributed by atoms with Crippen molar-refractivity contribution in [2.75, 3.05) is 13.6 Å². The van der Waals surface area contributed by atoms with E-state index in [0.717, 1.165) is 0 Å². The third-order valence-corrected chi connectivity index (χ3v) is 2.24. The first-order valence-electron chi connectivity index (χ1n) is 4.88. The third kappa shape index (κ3) is 4.78. The van der Waals surface area contributed by atoms with Crippen LogP contribution in [0.1, 0.15) is 27.2 Å². The molecule has 1 amide bonds. The van der Waals surface area contributed by atoms with Gasteiger partial charge < -0.3 is 15.7 Å². The van der Waals surface area contributed by atoms with Crippen molar-refractivity contribution in [3.8, 4) is 0 Å². The molecule has 0 heterocycles. The molecule has 5 nitrogen and oxygen atoms in total. The Kier molecular flexibility index (Phi) is 4.74. The minimum absolute atomic E-state index is 0.0564. The standard InChI is InChI=1S/C10H20N2O3/c1-10(2,3)8(11)9(15)12(4)6-5-7(13)14/h8H,5-6,11H2,1-4H3,(H,13,14)/t8-/m1/s1. The lowest BCUT2D eigenvalue weighted by Gasteiger charge is -2.29. The monoisotopic (exact) mass is 216 g/mol. The van der Waals surface area contributed by atoms with Crippen LogP contribution >= 0.6 is 0 Å². The molecular weight excluding hydrogens is 196 g/mol. The van der Waals surface area contributed by atoms with E-state index in [1.807, 2.05) is 20.8 Å². The van der Waals surface area contributed by atoms with Crippen LogP contribution in [0.15, 0.2) is 0 Å². The summed E-state index contributed by atoms with van der Waals surface area (Å²) in [5.74, 6) is -1.14. The van der Waals surface area contributed by atoms with Gasteiger partial charge in [0, 0.05) is 13.6 Å². The maximum absolute atomic E-state index is 11.7. The summed E-state index contributed by atoms with van der Waals surface area (Å²) in [5.41, 5.74) is 5.45. The Morgan fingerprint density at radius 3 is 2.20 bits per heavy atom. The molecule has 1 atom stereocenters. The molecule has 0 saturated heterocycles. The fraction of sp³-hybridized carbons (Fsp3) is 0.800.